The lowest BCUT2D eigenvalue weighted by Crippen LogP contribution is -2.38. The molecule has 0 saturated carbocycles. The third-order valence-electron chi connectivity index (χ3n) is 3.02. The number of hydrogen-bond acceptors (Lipinski definition) is 5. The van der Waals surface area contributed by atoms with Gasteiger partial charge in [-0.1, -0.05) is 0 Å². The zero-order valence-electron chi connectivity index (χ0n) is 12.2. The molecule has 0 spiro atoms. The van der Waals surface area contributed by atoms with Crippen molar-refractivity contribution in [3.8, 4) is 0 Å². The van der Waals surface area contributed by atoms with Crippen molar-refractivity contribution < 1.29 is 26.0 Å². The minimum Gasteiger partial charge on any atom is -0.383 e. The molecule has 1 rings (SSSR count). The van der Waals surface area contributed by atoms with Crippen LogP contribution in [0.15, 0.2) is 28.0 Å². The average Bonchev–Trinajstić information content (AvgIpc) is 2.36. The van der Waals surface area contributed by atoms with Crippen LogP contribution in [0, 0.1) is 5.82 Å². The highest BCUT2D eigenvalue weighted by molar-refractivity contribution is 7.91. The van der Waals surface area contributed by atoms with Gasteiger partial charge in [-0.25, -0.2) is 21.2 Å². The van der Waals surface area contributed by atoms with Gasteiger partial charge >= 0.3 is 0 Å². The number of nitrogens with zero attached hydrogens (tertiary/aromatic N) is 1. The van der Waals surface area contributed by atoms with Gasteiger partial charge < -0.3 is 4.74 Å². The van der Waals surface area contributed by atoms with Crippen molar-refractivity contribution >= 4 is 19.9 Å². The fourth-order valence-corrected chi connectivity index (χ4v) is 3.81. The Balaban J connectivity index is 3.38. The van der Waals surface area contributed by atoms with E-state index in [-0.39, 0.29) is 11.5 Å². The Labute approximate surface area is 124 Å². The molecule has 9 heteroatoms. The molecule has 120 valence electrons. The van der Waals surface area contributed by atoms with Gasteiger partial charge in [0.05, 0.1) is 11.5 Å². The van der Waals surface area contributed by atoms with Crippen molar-refractivity contribution in [1.29, 1.82) is 0 Å². The molecule has 0 heterocycles. The Kier molecular flexibility index (Phi) is 5.48. The Morgan fingerprint density at radius 2 is 1.86 bits per heavy atom. The third kappa shape index (κ3) is 4.00. The van der Waals surface area contributed by atoms with E-state index in [1.807, 2.05) is 0 Å². The van der Waals surface area contributed by atoms with E-state index in [0.29, 0.717) is 0 Å². The Morgan fingerprint density at radius 1 is 1.29 bits per heavy atom. The number of hydrogen-bond donors (Lipinski definition) is 0. The number of halogens is 1. The molecule has 1 aromatic rings. The smallest absolute Gasteiger partial charge is 0.246 e. The van der Waals surface area contributed by atoms with Crippen molar-refractivity contribution in [2.24, 2.45) is 0 Å². The molecule has 0 aliphatic carbocycles. The topological polar surface area (TPSA) is 80.8 Å². The summed E-state index contributed by atoms with van der Waals surface area (Å²) < 4.78 is 67.4. The lowest BCUT2D eigenvalue weighted by molar-refractivity contribution is 0.149. The molecule has 0 amide bonds. The fourth-order valence-electron chi connectivity index (χ4n) is 1.65. The van der Waals surface area contributed by atoms with Crippen LogP contribution in [0.1, 0.15) is 6.92 Å². The molecule has 6 nitrogen and oxygen atoms in total. The predicted molar refractivity (Wildman–Crippen MR) is 75.8 cm³/mol. The standard InChI is InChI=1S/C12H18FNO5S2/c1-9(8-19-3)14(2)21(17,18)12-7-10(20(4,15)16)5-6-11(12)13/h5-7,9H,8H2,1-4H3. The van der Waals surface area contributed by atoms with Gasteiger partial charge in [-0.15, -0.1) is 0 Å². The summed E-state index contributed by atoms with van der Waals surface area (Å²) in [6.45, 7) is 1.72. The summed E-state index contributed by atoms with van der Waals surface area (Å²) >= 11 is 0. The van der Waals surface area contributed by atoms with Crippen LogP contribution >= 0.6 is 0 Å². The van der Waals surface area contributed by atoms with Gasteiger partial charge in [-0.05, 0) is 25.1 Å². The van der Waals surface area contributed by atoms with E-state index in [9.17, 15) is 21.2 Å². The number of ether oxygens (including phenoxy) is 1. The second kappa shape index (κ2) is 6.39. The molecule has 0 N–H and O–H groups in total. The van der Waals surface area contributed by atoms with Gasteiger partial charge in [0.1, 0.15) is 10.7 Å². The van der Waals surface area contributed by atoms with Gasteiger partial charge in [-0.3, -0.25) is 0 Å². The number of methoxy groups -OCH3 is 1. The number of likely N-dealkylation sites (N-methyl/N-ethyl adjacent to an activating group) is 1. The van der Waals surface area contributed by atoms with Crippen molar-refractivity contribution in [2.45, 2.75) is 22.8 Å². The van der Waals surface area contributed by atoms with Gasteiger partial charge in [0, 0.05) is 26.5 Å². The van der Waals surface area contributed by atoms with Gasteiger partial charge in [0.15, 0.2) is 9.84 Å². The molecule has 0 saturated heterocycles. The maximum atomic E-state index is 13.8. The van der Waals surface area contributed by atoms with Crippen LogP contribution in [-0.2, 0) is 24.6 Å². The van der Waals surface area contributed by atoms with Crippen LogP contribution in [0.3, 0.4) is 0 Å². The lowest BCUT2D eigenvalue weighted by Gasteiger charge is -2.24. The molecule has 0 aromatic heterocycles. The van der Waals surface area contributed by atoms with E-state index < -0.39 is 36.6 Å². The van der Waals surface area contributed by atoms with E-state index in [0.717, 1.165) is 28.8 Å². The highest BCUT2D eigenvalue weighted by Gasteiger charge is 2.29. The van der Waals surface area contributed by atoms with E-state index in [1.165, 1.54) is 14.2 Å². The van der Waals surface area contributed by atoms with E-state index in [2.05, 4.69) is 0 Å². The third-order valence-corrected chi connectivity index (χ3v) is 6.11. The maximum absolute atomic E-state index is 13.8. The first-order chi connectivity index (χ1) is 9.51. The summed E-state index contributed by atoms with van der Waals surface area (Å²) in [6.07, 6.45) is 0.925. The zero-order chi connectivity index (χ0) is 16.4. The summed E-state index contributed by atoms with van der Waals surface area (Å²) in [7, 11) is -5.09. The van der Waals surface area contributed by atoms with E-state index >= 15 is 0 Å². The highest BCUT2D eigenvalue weighted by Crippen LogP contribution is 2.23. The summed E-state index contributed by atoms with van der Waals surface area (Å²) in [6, 6.07) is 2.16. The maximum Gasteiger partial charge on any atom is 0.246 e. The second-order valence-corrected chi connectivity index (χ2v) is 8.67. The number of rotatable bonds is 6. The van der Waals surface area contributed by atoms with Crippen LogP contribution in [0.2, 0.25) is 0 Å². The van der Waals surface area contributed by atoms with E-state index in [4.69, 9.17) is 4.74 Å². The van der Waals surface area contributed by atoms with Gasteiger partial charge in [0.25, 0.3) is 0 Å². The van der Waals surface area contributed by atoms with Crippen molar-refractivity contribution in [2.75, 3.05) is 27.0 Å². The summed E-state index contributed by atoms with van der Waals surface area (Å²) in [5, 5.41) is 0. The molecular formula is C12H18FNO5S2. The molecular weight excluding hydrogens is 321 g/mol. The van der Waals surface area contributed by atoms with Gasteiger partial charge in [0.2, 0.25) is 10.0 Å². The number of sulfonamides is 1. The van der Waals surface area contributed by atoms with Crippen LogP contribution in [0.4, 0.5) is 4.39 Å². The SMILES string of the molecule is COCC(C)N(C)S(=O)(=O)c1cc(S(C)(=O)=O)ccc1F. The quantitative estimate of drug-likeness (QED) is 0.719. The van der Waals surface area contributed by atoms with Crippen molar-refractivity contribution in [3.63, 3.8) is 0 Å². The normalized spacial score (nSPS) is 14.4. The minimum absolute atomic E-state index is 0.128. The monoisotopic (exact) mass is 339 g/mol. The molecule has 1 aromatic carbocycles. The van der Waals surface area contributed by atoms with Crippen molar-refractivity contribution in [1.82, 2.24) is 4.31 Å². The van der Waals surface area contributed by atoms with Crippen molar-refractivity contribution in [3.05, 3.63) is 24.0 Å². The van der Waals surface area contributed by atoms with Crippen LogP contribution < -0.4 is 0 Å². The molecule has 0 aliphatic heterocycles. The first-order valence-electron chi connectivity index (χ1n) is 5.98. The van der Waals surface area contributed by atoms with E-state index in [1.54, 1.807) is 6.92 Å². The van der Waals surface area contributed by atoms with Crippen LogP contribution in [0.25, 0.3) is 0 Å². The van der Waals surface area contributed by atoms with Crippen LogP contribution in [-0.4, -0.2) is 54.2 Å². The first kappa shape index (κ1) is 18.0. The molecule has 0 aliphatic rings. The summed E-state index contributed by atoms with van der Waals surface area (Å²) in [5.74, 6) is -1.00. The fraction of sp³-hybridized carbons (Fsp3) is 0.500. The minimum atomic E-state index is -4.16. The molecule has 0 radical (unpaired) electrons. The Hall–Kier alpha value is -1.03. The van der Waals surface area contributed by atoms with Gasteiger partial charge in [-0.2, -0.15) is 4.31 Å². The van der Waals surface area contributed by atoms with Crippen LogP contribution in [0.5, 0.6) is 0 Å². The lowest BCUT2D eigenvalue weighted by atomic mass is 10.3. The molecule has 1 unspecified atom stereocenters. The second-order valence-electron chi connectivity index (χ2n) is 4.69. The molecule has 1 atom stereocenters. The predicted octanol–water partition coefficient (Wildman–Crippen LogP) is 0.885. The number of sulfone groups is 1. The molecule has 0 bridgehead atoms. The largest absolute Gasteiger partial charge is 0.383 e. The number of benzene rings is 1. The zero-order valence-corrected chi connectivity index (χ0v) is 13.8. The summed E-state index contributed by atoms with van der Waals surface area (Å²) in [5.41, 5.74) is 0. The Bertz CT molecular complexity index is 715. The molecule has 0 fully saturated rings. The molecule has 21 heavy (non-hydrogen) atoms. The first-order valence-corrected chi connectivity index (χ1v) is 9.31. The Morgan fingerprint density at radius 3 is 2.33 bits per heavy atom. The summed E-state index contributed by atoms with van der Waals surface area (Å²) in [4.78, 5) is -0.925. The highest BCUT2D eigenvalue weighted by atomic mass is 32.2. The average molecular weight is 339 g/mol.